The summed E-state index contributed by atoms with van der Waals surface area (Å²) in [5.41, 5.74) is 0.587. The van der Waals surface area contributed by atoms with Crippen LogP contribution in [-0.4, -0.2) is 37.0 Å². The standard InChI is InChI=1S/C15H21FN2O/c1-18(2)15(9-3-4-10-15)11-17-14(19)12-5-7-13(16)8-6-12/h5-8H,3-4,9-11H2,1-2H3,(H,17,19). The van der Waals surface area contributed by atoms with Gasteiger partial charge in [0.05, 0.1) is 0 Å². The quantitative estimate of drug-likeness (QED) is 0.906. The molecule has 0 bridgehead atoms. The highest BCUT2D eigenvalue weighted by Gasteiger charge is 2.36. The fourth-order valence-electron chi connectivity index (χ4n) is 2.76. The lowest BCUT2D eigenvalue weighted by molar-refractivity contribution is 0.0900. The lowest BCUT2D eigenvalue weighted by Gasteiger charge is -2.36. The summed E-state index contributed by atoms with van der Waals surface area (Å²) in [6, 6.07) is 5.65. The zero-order valence-electron chi connectivity index (χ0n) is 11.6. The summed E-state index contributed by atoms with van der Waals surface area (Å²) in [6.45, 7) is 0.649. The van der Waals surface area contributed by atoms with Crippen LogP contribution < -0.4 is 5.32 Å². The fourth-order valence-corrected chi connectivity index (χ4v) is 2.76. The zero-order valence-corrected chi connectivity index (χ0v) is 11.6. The van der Waals surface area contributed by atoms with Crippen LogP contribution in [0.25, 0.3) is 0 Å². The van der Waals surface area contributed by atoms with Crippen LogP contribution >= 0.6 is 0 Å². The molecule has 104 valence electrons. The van der Waals surface area contributed by atoms with E-state index in [1.807, 2.05) is 0 Å². The molecular weight excluding hydrogens is 243 g/mol. The second-order valence-corrected chi connectivity index (χ2v) is 5.52. The molecule has 0 unspecified atom stereocenters. The molecule has 1 saturated carbocycles. The van der Waals surface area contributed by atoms with Crippen LogP contribution in [0, 0.1) is 5.82 Å². The Morgan fingerprint density at radius 3 is 2.37 bits per heavy atom. The molecule has 19 heavy (non-hydrogen) atoms. The van der Waals surface area contributed by atoms with E-state index in [9.17, 15) is 9.18 Å². The lowest BCUT2D eigenvalue weighted by atomic mass is 9.96. The lowest BCUT2D eigenvalue weighted by Crippen LogP contribution is -2.50. The Balaban J connectivity index is 1.97. The molecular formula is C15H21FN2O. The van der Waals surface area contributed by atoms with E-state index in [-0.39, 0.29) is 17.3 Å². The normalized spacial score (nSPS) is 17.7. The molecule has 0 saturated heterocycles. The fraction of sp³-hybridized carbons (Fsp3) is 0.533. The largest absolute Gasteiger partial charge is 0.350 e. The summed E-state index contributed by atoms with van der Waals surface area (Å²) in [4.78, 5) is 14.2. The summed E-state index contributed by atoms with van der Waals surface area (Å²) in [7, 11) is 4.13. The van der Waals surface area contributed by atoms with Crippen LogP contribution in [0.5, 0.6) is 0 Å². The molecule has 0 spiro atoms. The first-order valence-electron chi connectivity index (χ1n) is 6.75. The highest BCUT2D eigenvalue weighted by Crippen LogP contribution is 2.33. The van der Waals surface area contributed by atoms with Crippen LogP contribution in [-0.2, 0) is 0 Å². The van der Waals surface area contributed by atoms with Gasteiger partial charge in [0.1, 0.15) is 5.82 Å². The third-order valence-electron chi connectivity index (χ3n) is 4.17. The maximum absolute atomic E-state index is 12.8. The van der Waals surface area contributed by atoms with Gasteiger partial charge in [0, 0.05) is 17.6 Å². The minimum atomic E-state index is -0.322. The maximum atomic E-state index is 12.8. The molecule has 2 rings (SSSR count). The van der Waals surface area contributed by atoms with Gasteiger partial charge in [0.25, 0.3) is 5.91 Å². The van der Waals surface area contributed by atoms with Crippen molar-refractivity contribution in [2.45, 2.75) is 31.2 Å². The van der Waals surface area contributed by atoms with Gasteiger partial charge in [-0.1, -0.05) is 12.8 Å². The van der Waals surface area contributed by atoms with Crippen LogP contribution in [0.1, 0.15) is 36.0 Å². The van der Waals surface area contributed by atoms with E-state index in [4.69, 9.17) is 0 Å². The van der Waals surface area contributed by atoms with E-state index < -0.39 is 0 Å². The van der Waals surface area contributed by atoms with Gasteiger partial charge in [-0.15, -0.1) is 0 Å². The molecule has 1 N–H and O–H groups in total. The smallest absolute Gasteiger partial charge is 0.251 e. The van der Waals surface area contributed by atoms with Gasteiger partial charge in [-0.3, -0.25) is 4.79 Å². The average Bonchev–Trinajstić information content (AvgIpc) is 2.87. The van der Waals surface area contributed by atoms with Gasteiger partial charge in [-0.2, -0.15) is 0 Å². The molecule has 1 aromatic rings. The van der Waals surface area contributed by atoms with E-state index in [0.29, 0.717) is 12.1 Å². The number of benzene rings is 1. The Hall–Kier alpha value is -1.42. The first kappa shape index (κ1) is 14.0. The molecule has 0 aromatic heterocycles. The minimum absolute atomic E-state index is 0.0791. The average molecular weight is 264 g/mol. The molecule has 4 heteroatoms. The number of nitrogens with zero attached hydrogens (tertiary/aromatic N) is 1. The Kier molecular flexibility index (Phi) is 4.20. The van der Waals surface area contributed by atoms with Crippen LogP contribution in [0.15, 0.2) is 24.3 Å². The number of hydrogen-bond donors (Lipinski definition) is 1. The first-order chi connectivity index (χ1) is 9.03. The number of likely N-dealkylation sites (N-methyl/N-ethyl adjacent to an activating group) is 1. The van der Waals surface area contributed by atoms with Gasteiger partial charge in [0.2, 0.25) is 0 Å². The molecule has 1 fully saturated rings. The van der Waals surface area contributed by atoms with Crippen molar-refractivity contribution in [3.05, 3.63) is 35.6 Å². The first-order valence-corrected chi connectivity index (χ1v) is 6.75. The summed E-state index contributed by atoms with van der Waals surface area (Å²) in [5, 5.41) is 2.98. The van der Waals surface area contributed by atoms with Crippen molar-refractivity contribution in [3.63, 3.8) is 0 Å². The van der Waals surface area contributed by atoms with E-state index >= 15 is 0 Å². The van der Waals surface area contributed by atoms with Gasteiger partial charge >= 0.3 is 0 Å². The van der Waals surface area contributed by atoms with Crippen molar-refractivity contribution in [2.75, 3.05) is 20.6 Å². The molecule has 0 aliphatic heterocycles. The Morgan fingerprint density at radius 1 is 1.26 bits per heavy atom. The molecule has 1 aliphatic rings. The predicted octanol–water partition coefficient (Wildman–Crippen LogP) is 2.43. The third-order valence-corrected chi connectivity index (χ3v) is 4.17. The molecule has 1 amide bonds. The summed E-state index contributed by atoms with van der Waals surface area (Å²) < 4.78 is 12.8. The second kappa shape index (κ2) is 5.70. The zero-order chi connectivity index (χ0) is 13.9. The van der Waals surface area contributed by atoms with Crippen molar-refractivity contribution in [3.8, 4) is 0 Å². The Bertz CT molecular complexity index is 436. The van der Waals surface area contributed by atoms with Crippen LogP contribution in [0.4, 0.5) is 4.39 Å². The highest BCUT2D eigenvalue weighted by molar-refractivity contribution is 5.94. The number of carbonyl (C=O) groups excluding carboxylic acids is 1. The van der Waals surface area contributed by atoms with E-state index in [1.54, 1.807) is 0 Å². The Labute approximate surface area is 113 Å². The molecule has 0 heterocycles. The van der Waals surface area contributed by atoms with Gasteiger partial charge in [-0.05, 0) is 51.2 Å². The summed E-state index contributed by atoms with van der Waals surface area (Å²) in [5.74, 6) is -0.453. The number of rotatable bonds is 4. The monoisotopic (exact) mass is 264 g/mol. The van der Waals surface area contributed by atoms with E-state index in [1.165, 1.54) is 37.1 Å². The molecule has 3 nitrogen and oxygen atoms in total. The number of halogens is 1. The SMILES string of the molecule is CN(C)C1(CNC(=O)c2ccc(F)cc2)CCCC1. The van der Waals surface area contributed by atoms with Gasteiger partial charge in [-0.25, -0.2) is 4.39 Å². The number of nitrogens with one attached hydrogen (secondary N) is 1. The topological polar surface area (TPSA) is 32.3 Å². The van der Waals surface area contributed by atoms with Crippen molar-refractivity contribution in [1.29, 1.82) is 0 Å². The van der Waals surface area contributed by atoms with Crippen molar-refractivity contribution >= 4 is 5.91 Å². The van der Waals surface area contributed by atoms with Crippen LogP contribution in [0.3, 0.4) is 0 Å². The summed E-state index contributed by atoms with van der Waals surface area (Å²) >= 11 is 0. The van der Waals surface area contributed by atoms with E-state index in [2.05, 4.69) is 24.3 Å². The van der Waals surface area contributed by atoms with Gasteiger partial charge < -0.3 is 10.2 Å². The molecule has 0 radical (unpaired) electrons. The molecule has 0 atom stereocenters. The predicted molar refractivity (Wildman–Crippen MR) is 73.6 cm³/mol. The number of amides is 1. The minimum Gasteiger partial charge on any atom is -0.350 e. The summed E-state index contributed by atoms with van der Waals surface area (Å²) in [6.07, 6.45) is 4.66. The number of hydrogen-bond acceptors (Lipinski definition) is 2. The second-order valence-electron chi connectivity index (χ2n) is 5.52. The van der Waals surface area contributed by atoms with E-state index in [0.717, 1.165) is 12.8 Å². The van der Waals surface area contributed by atoms with Crippen molar-refractivity contribution < 1.29 is 9.18 Å². The van der Waals surface area contributed by atoms with Crippen molar-refractivity contribution in [1.82, 2.24) is 10.2 Å². The molecule has 1 aromatic carbocycles. The van der Waals surface area contributed by atoms with Crippen molar-refractivity contribution in [2.24, 2.45) is 0 Å². The van der Waals surface area contributed by atoms with Crippen LogP contribution in [0.2, 0.25) is 0 Å². The van der Waals surface area contributed by atoms with Gasteiger partial charge in [0.15, 0.2) is 0 Å². The highest BCUT2D eigenvalue weighted by atomic mass is 19.1. The molecule has 1 aliphatic carbocycles. The third kappa shape index (κ3) is 3.13. The Morgan fingerprint density at radius 2 is 1.84 bits per heavy atom. The maximum Gasteiger partial charge on any atom is 0.251 e. The number of carbonyl (C=O) groups is 1.